The number of hydrogen-bond acceptors (Lipinski definition) is 3. The SMILES string of the molecule is O=C1CC(O)=Cc2nc3cc(C(F)(F)F)ccc3cc21. The molecule has 6 heteroatoms. The number of halogens is 3. The Labute approximate surface area is 111 Å². The summed E-state index contributed by atoms with van der Waals surface area (Å²) in [5.74, 6) is -0.435. The Morgan fingerprint density at radius 3 is 2.65 bits per heavy atom. The lowest BCUT2D eigenvalue weighted by molar-refractivity contribution is -0.137. The Balaban J connectivity index is 2.24. The molecule has 0 fully saturated rings. The van der Waals surface area contributed by atoms with Crippen molar-refractivity contribution in [3.63, 3.8) is 0 Å². The van der Waals surface area contributed by atoms with Gasteiger partial charge in [0, 0.05) is 17.0 Å². The number of fused-ring (bicyclic) bond motifs is 2. The minimum Gasteiger partial charge on any atom is -0.512 e. The molecule has 1 heterocycles. The number of Topliss-reactive ketones (excluding diaryl/α,β-unsaturated/α-hetero) is 1. The molecule has 0 radical (unpaired) electrons. The fourth-order valence-corrected chi connectivity index (χ4v) is 2.16. The van der Waals surface area contributed by atoms with Crippen LogP contribution in [0.5, 0.6) is 0 Å². The number of alkyl halides is 3. The van der Waals surface area contributed by atoms with Gasteiger partial charge in [0.25, 0.3) is 0 Å². The molecule has 0 saturated carbocycles. The molecule has 102 valence electrons. The van der Waals surface area contributed by atoms with Gasteiger partial charge in [0.1, 0.15) is 5.76 Å². The summed E-state index contributed by atoms with van der Waals surface area (Å²) in [5.41, 5.74) is -0.147. The van der Waals surface area contributed by atoms with Gasteiger partial charge in [-0.1, -0.05) is 6.07 Å². The number of nitrogens with zero attached hydrogens (tertiary/aromatic N) is 1. The van der Waals surface area contributed by atoms with E-state index in [1.165, 1.54) is 18.2 Å². The summed E-state index contributed by atoms with van der Waals surface area (Å²) in [6.45, 7) is 0. The van der Waals surface area contributed by atoms with E-state index in [1.54, 1.807) is 0 Å². The summed E-state index contributed by atoms with van der Waals surface area (Å²) in [6.07, 6.45) is -3.25. The number of hydrogen-bond donors (Lipinski definition) is 1. The molecule has 0 atom stereocenters. The lowest BCUT2D eigenvalue weighted by atomic mass is 9.97. The van der Waals surface area contributed by atoms with Crippen LogP contribution in [0.2, 0.25) is 0 Å². The molecule has 0 aliphatic heterocycles. The highest BCUT2D eigenvalue weighted by Crippen LogP contribution is 2.32. The van der Waals surface area contributed by atoms with Crippen LogP contribution in [0.4, 0.5) is 13.2 Å². The Hall–Kier alpha value is -2.37. The topological polar surface area (TPSA) is 50.2 Å². The predicted molar refractivity (Wildman–Crippen MR) is 66.3 cm³/mol. The minimum atomic E-state index is -4.44. The van der Waals surface area contributed by atoms with Gasteiger partial charge in [0.05, 0.1) is 23.2 Å². The number of aromatic nitrogens is 1. The van der Waals surface area contributed by atoms with Gasteiger partial charge < -0.3 is 5.11 Å². The van der Waals surface area contributed by atoms with E-state index in [1.807, 2.05) is 0 Å². The summed E-state index contributed by atoms with van der Waals surface area (Å²) in [4.78, 5) is 15.8. The van der Waals surface area contributed by atoms with E-state index in [9.17, 15) is 23.1 Å². The summed E-state index contributed by atoms with van der Waals surface area (Å²) in [5, 5.41) is 9.86. The van der Waals surface area contributed by atoms with Gasteiger partial charge in [-0.2, -0.15) is 13.2 Å². The van der Waals surface area contributed by atoms with Crippen molar-refractivity contribution in [1.29, 1.82) is 0 Å². The quantitative estimate of drug-likeness (QED) is 0.799. The fourth-order valence-electron chi connectivity index (χ4n) is 2.16. The Kier molecular flexibility index (Phi) is 2.57. The third kappa shape index (κ3) is 2.03. The Morgan fingerprint density at radius 2 is 1.95 bits per heavy atom. The van der Waals surface area contributed by atoms with Crippen LogP contribution in [0.1, 0.15) is 28.0 Å². The molecule has 3 nitrogen and oxygen atoms in total. The summed E-state index contributed by atoms with van der Waals surface area (Å²) >= 11 is 0. The van der Waals surface area contributed by atoms with E-state index in [-0.39, 0.29) is 29.2 Å². The van der Waals surface area contributed by atoms with Crippen LogP contribution >= 0.6 is 0 Å². The highest BCUT2D eigenvalue weighted by Gasteiger charge is 2.31. The normalized spacial score (nSPS) is 15.2. The molecule has 1 aromatic heterocycles. The highest BCUT2D eigenvalue weighted by atomic mass is 19.4. The first-order chi connectivity index (χ1) is 9.34. The van der Waals surface area contributed by atoms with Crippen molar-refractivity contribution in [2.24, 2.45) is 0 Å². The van der Waals surface area contributed by atoms with Crippen molar-refractivity contribution >= 4 is 22.8 Å². The second kappa shape index (κ2) is 4.06. The van der Waals surface area contributed by atoms with Crippen LogP contribution in [0, 0.1) is 0 Å². The molecule has 0 unspecified atom stereocenters. The number of aliphatic hydroxyl groups is 1. The van der Waals surface area contributed by atoms with Crippen molar-refractivity contribution in [2.75, 3.05) is 0 Å². The van der Waals surface area contributed by atoms with Gasteiger partial charge in [-0.25, -0.2) is 4.98 Å². The number of carbonyl (C=O) groups is 1. The maximum atomic E-state index is 12.6. The molecule has 1 N–H and O–H groups in total. The third-order valence-electron chi connectivity index (χ3n) is 3.12. The van der Waals surface area contributed by atoms with Gasteiger partial charge in [0.2, 0.25) is 0 Å². The molecule has 0 spiro atoms. The van der Waals surface area contributed by atoms with Gasteiger partial charge in [-0.05, 0) is 18.2 Å². The van der Waals surface area contributed by atoms with Crippen molar-refractivity contribution in [3.8, 4) is 0 Å². The zero-order valence-corrected chi connectivity index (χ0v) is 10.0. The number of aliphatic hydroxyl groups excluding tert-OH is 1. The standard InChI is InChI=1S/C14H8F3NO2/c15-14(16,17)8-2-1-7-3-10-12(18-11(7)4-8)5-9(19)6-13(10)20/h1-5,19H,6H2. The van der Waals surface area contributed by atoms with E-state index < -0.39 is 11.7 Å². The van der Waals surface area contributed by atoms with Crippen molar-refractivity contribution in [3.05, 3.63) is 46.8 Å². The summed E-state index contributed by atoms with van der Waals surface area (Å²) < 4.78 is 37.9. The van der Waals surface area contributed by atoms with Gasteiger partial charge in [-0.15, -0.1) is 0 Å². The van der Waals surface area contributed by atoms with Crippen LogP contribution in [0.25, 0.3) is 17.0 Å². The highest BCUT2D eigenvalue weighted by molar-refractivity contribution is 6.05. The van der Waals surface area contributed by atoms with Crippen LogP contribution in [0.15, 0.2) is 30.0 Å². The van der Waals surface area contributed by atoms with Crippen molar-refractivity contribution < 1.29 is 23.1 Å². The predicted octanol–water partition coefficient (Wildman–Crippen LogP) is 3.74. The minimum absolute atomic E-state index is 0.110. The van der Waals surface area contributed by atoms with E-state index in [0.717, 1.165) is 12.1 Å². The largest absolute Gasteiger partial charge is 0.512 e. The fraction of sp³-hybridized carbons (Fsp3) is 0.143. The van der Waals surface area contributed by atoms with Gasteiger partial charge in [0.15, 0.2) is 5.78 Å². The van der Waals surface area contributed by atoms with Crippen LogP contribution < -0.4 is 0 Å². The zero-order chi connectivity index (χ0) is 14.5. The molecule has 0 saturated heterocycles. The Bertz CT molecular complexity index is 763. The van der Waals surface area contributed by atoms with Crippen LogP contribution in [0.3, 0.4) is 0 Å². The molecule has 1 aliphatic rings. The number of pyridine rings is 1. The zero-order valence-electron chi connectivity index (χ0n) is 10.0. The van der Waals surface area contributed by atoms with E-state index in [2.05, 4.69) is 4.98 Å². The first-order valence-corrected chi connectivity index (χ1v) is 5.79. The first kappa shape index (κ1) is 12.7. The first-order valence-electron chi connectivity index (χ1n) is 5.79. The van der Waals surface area contributed by atoms with Gasteiger partial charge in [-0.3, -0.25) is 4.79 Å². The molecule has 0 amide bonds. The lowest BCUT2D eigenvalue weighted by Gasteiger charge is -2.13. The molecule has 3 rings (SSSR count). The molecule has 1 aromatic carbocycles. The third-order valence-corrected chi connectivity index (χ3v) is 3.12. The molecule has 0 bridgehead atoms. The molecule has 20 heavy (non-hydrogen) atoms. The van der Waals surface area contributed by atoms with Crippen molar-refractivity contribution in [2.45, 2.75) is 12.6 Å². The Morgan fingerprint density at radius 1 is 1.20 bits per heavy atom. The number of rotatable bonds is 0. The summed E-state index contributed by atoms with van der Waals surface area (Å²) in [6, 6.07) is 4.68. The molecular weight excluding hydrogens is 271 g/mol. The van der Waals surface area contributed by atoms with E-state index in [4.69, 9.17) is 0 Å². The average molecular weight is 279 g/mol. The lowest BCUT2D eigenvalue weighted by Crippen LogP contribution is -2.10. The monoisotopic (exact) mass is 279 g/mol. The maximum Gasteiger partial charge on any atom is 0.416 e. The number of carbonyl (C=O) groups excluding carboxylic acids is 1. The second-order valence-electron chi connectivity index (χ2n) is 4.56. The number of allylic oxidation sites excluding steroid dienone is 1. The maximum absolute atomic E-state index is 12.6. The summed E-state index contributed by atoms with van der Waals surface area (Å²) in [7, 11) is 0. The average Bonchev–Trinajstić information content (AvgIpc) is 2.35. The smallest absolute Gasteiger partial charge is 0.416 e. The molecule has 2 aromatic rings. The second-order valence-corrected chi connectivity index (χ2v) is 4.56. The number of ketones is 1. The molecule has 1 aliphatic carbocycles. The van der Waals surface area contributed by atoms with Crippen molar-refractivity contribution in [1.82, 2.24) is 4.98 Å². The number of benzene rings is 1. The van der Waals surface area contributed by atoms with Crippen LogP contribution in [-0.2, 0) is 6.18 Å². The van der Waals surface area contributed by atoms with Crippen LogP contribution in [-0.4, -0.2) is 15.9 Å². The molecular formula is C14H8F3NO2. The van der Waals surface area contributed by atoms with Gasteiger partial charge >= 0.3 is 6.18 Å². The van der Waals surface area contributed by atoms with E-state index in [0.29, 0.717) is 10.9 Å². The van der Waals surface area contributed by atoms with E-state index >= 15 is 0 Å².